The molecule has 1 rings (SSSR count). The first kappa shape index (κ1) is 8.76. The topological polar surface area (TPSA) is 41.9 Å². The Kier molecular flexibility index (Phi) is 2.69. The van der Waals surface area contributed by atoms with Crippen LogP contribution in [0, 0.1) is 13.8 Å². The molecule has 0 aliphatic carbocycles. The number of anilines is 1. The molecule has 0 amide bonds. The van der Waals surface area contributed by atoms with E-state index in [1.165, 1.54) is 0 Å². The van der Waals surface area contributed by atoms with E-state index in [2.05, 4.69) is 33.7 Å². The highest BCUT2D eigenvalue weighted by Gasteiger charge is 2.00. The predicted octanol–water partition coefficient (Wildman–Crippen LogP) is 0.875. The number of hydrogen-bond donors (Lipinski definition) is 0. The summed E-state index contributed by atoms with van der Waals surface area (Å²) in [5.41, 5.74) is 0. The van der Waals surface area contributed by atoms with Gasteiger partial charge in [-0.25, -0.2) is 4.98 Å². The number of aromatic nitrogens is 3. The highest BCUT2D eigenvalue weighted by atomic mass is 31.1. The van der Waals surface area contributed by atoms with Crippen molar-refractivity contribution in [3.8, 4) is 0 Å². The number of rotatable bonds is 1. The zero-order valence-electron chi connectivity index (χ0n) is 6.44. The molecule has 0 radical (unpaired) electrons. The van der Waals surface area contributed by atoms with Gasteiger partial charge in [-0.2, -0.15) is 9.97 Å². The number of aryl methyl sites for hydroxylation is 2. The summed E-state index contributed by atoms with van der Waals surface area (Å²) in [4.78, 5) is 12.2. The fourth-order valence-corrected chi connectivity index (χ4v) is 0.945. The molecule has 0 aromatic carbocycles. The summed E-state index contributed by atoms with van der Waals surface area (Å²) in [6.45, 7) is 3.69. The van der Waals surface area contributed by atoms with Crippen LogP contribution in [0.5, 0.6) is 0 Å². The predicted molar refractivity (Wildman–Crippen MR) is 51.2 cm³/mol. The lowest BCUT2D eigenvalue weighted by Gasteiger charge is -2.09. The lowest BCUT2D eigenvalue weighted by molar-refractivity contribution is 0.925. The van der Waals surface area contributed by atoms with Gasteiger partial charge in [0.1, 0.15) is 11.6 Å². The van der Waals surface area contributed by atoms with Crippen molar-refractivity contribution in [2.45, 2.75) is 13.8 Å². The Morgan fingerprint density at radius 2 is 1.45 bits per heavy atom. The van der Waals surface area contributed by atoms with E-state index in [0.717, 1.165) is 11.6 Å². The van der Waals surface area contributed by atoms with Crippen LogP contribution in [-0.2, 0) is 0 Å². The summed E-state index contributed by atoms with van der Waals surface area (Å²) in [5.74, 6) is 2.12. The molecule has 11 heavy (non-hydrogen) atoms. The minimum absolute atomic E-state index is 0.644. The monoisotopic (exact) mass is 188 g/mol. The van der Waals surface area contributed by atoms with Crippen molar-refractivity contribution in [1.82, 2.24) is 15.0 Å². The van der Waals surface area contributed by atoms with Crippen molar-refractivity contribution in [3.63, 3.8) is 0 Å². The number of hydrogen-bond acceptors (Lipinski definition) is 4. The molecule has 0 bridgehead atoms. The van der Waals surface area contributed by atoms with Crippen molar-refractivity contribution in [3.05, 3.63) is 11.6 Å². The molecule has 1 heterocycles. The van der Waals surface area contributed by atoms with E-state index in [-0.39, 0.29) is 0 Å². The summed E-state index contributed by atoms with van der Waals surface area (Å²) in [5, 5.41) is 0. The van der Waals surface area contributed by atoms with E-state index < -0.39 is 0 Å². The Morgan fingerprint density at radius 3 is 1.82 bits per heavy atom. The van der Waals surface area contributed by atoms with Crippen LogP contribution >= 0.6 is 18.8 Å². The van der Waals surface area contributed by atoms with Crippen molar-refractivity contribution >= 4 is 24.7 Å². The minimum Gasteiger partial charge on any atom is -0.310 e. The maximum Gasteiger partial charge on any atom is 0.234 e. The molecule has 0 aliphatic rings. The lowest BCUT2D eigenvalue weighted by atomic mass is 10.6. The van der Waals surface area contributed by atoms with E-state index in [4.69, 9.17) is 0 Å². The van der Waals surface area contributed by atoms with Gasteiger partial charge >= 0.3 is 0 Å². The molecule has 1 aromatic heterocycles. The van der Waals surface area contributed by atoms with E-state index in [9.17, 15) is 0 Å². The van der Waals surface area contributed by atoms with Crippen LogP contribution in [0.1, 0.15) is 11.6 Å². The second kappa shape index (κ2) is 3.38. The average Bonchev–Trinajstić information content (AvgIpc) is 1.85. The Bertz CT molecular complexity index is 242. The maximum atomic E-state index is 4.10. The zero-order chi connectivity index (χ0) is 8.43. The third kappa shape index (κ3) is 2.32. The van der Waals surface area contributed by atoms with Crippen molar-refractivity contribution < 1.29 is 0 Å². The smallest absolute Gasteiger partial charge is 0.234 e. The Morgan fingerprint density at radius 1 is 1.00 bits per heavy atom. The van der Waals surface area contributed by atoms with E-state index in [1.54, 1.807) is 4.44 Å². The second-order valence-corrected chi connectivity index (χ2v) is 3.85. The van der Waals surface area contributed by atoms with Crippen LogP contribution in [0.4, 0.5) is 5.95 Å². The normalized spacial score (nSPS) is 9.82. The van der Waals surface area contributed by atoms with Crippen LogP contribution < -0.4 is 4.44 Å². The highest BCUT2D eigenvalue weighted by molar-refractivity contribution is 7.39. The average molecular weight is 188 g/mol. The van der Waals surface area contributed by atoms with Crippen molar-refractivity contribution in [2.75, 3.05) is 4.44 Å². The molecule has 1 aromatic rings. The van der Waals surface area contributed by atoms with Gasteiger partial charge in [-0.1, -0.05) is 0 Å². The van der Waals surface area contributed by atoms with Crippen LogP contribution in [0.2, 0.25) is 0 Å². The van der Waals surface area contributed by atoms with Gasteiger partial charge < -0.3 is 4.44 Å². The van der Waals surface area contributed by atoms with E-state index >= 15 is 0 Å². The fourth-order valence-electron chi connectivity index (χ4n) is 0.714. The summed E-state index contributed by atoms with van der Waals surface area (Å²) < 4.78 is 1.70. The van der Waals surface area contributed by atoms with Gasteiger partial charge in [0.2, 0.25) is 5.95 Å². The van der Waals surface area contributed by atoms with Crippen LogP contribution in [0.15, 0.2) is 0 Å². The molecule has 0 fully saturated rings. The Labute approximate surface area is 70.4 Å². The standard InChI is InChI=1S/C5H10N4P2/c1-3-6-4(2)8-5(7-3)9(10)11/h10-11H2,1-2H3. The summed E-state index contributed by atoms with van der Waals surface area (Å²) >= 11 is 0. The van der Waals surface area contributed by atoms with Crippen molar-refractivity contribution in [1.29, 1.82) is 0 Å². The third-order valence-corrected chi connectivity index (χ3v) is 1.54. The van der Waals surface area contributed by atoms with Crippen molar-refractivity contribution in [2.24, 2.45) is 0 Å². The molecule has 2 unspecified atom stereocenters. The molecule has 2 atom stereocenters. The third-order valence-electron chi connectivity index (χ3n) is 1.08. The van der Waals surface area contributed by atoms with Gasteiger partial charge in [0.25, 0.3) is 0 Å². The molecular weight excluding hydrogens is 178 g/mol. The summed E-state index contributed by atoms with van der Waals surface area (Å²) in [6, 6.07) is 0. The first-order chi connectivity index (χ1) is 5.09. The summed E-state index contributed by atoms with van der Waals surface area (Å²) in [6.07, 6.45) is 0. The minimum atomic E-state index is 0.644. The highest BCUT2D eigenvalue weighted by Crippen LogP contribution is 2.16. The largest absolute Gasteiger partial charge is 0.310 e. The lowest BCUT2D eigenvalue weighted by Crippen LogP contribution is -2.03. The van der Waals surface area contributed by atoms with Gasteiger partial charge in [0.15, 0.2) is 0 Å². The Balaban J connectivity index is 3.08. The van der Waals surface area contributed by atoms with Crippen LogP contribution in [0.25, 0.3) is 0 Å². The molecule has 0 saturated heterocycles. The maximum absolute atomic E-state index is 4.10. The second-order valence-electron chi connectivity index (χ2n) is 2.14. The first-order valence-corrected chi connectivity index (χ1v) is 4.11. The molecule has 4 nitrogen and oxygen atoms in total. The molecular formula is C5H10N4P2. The van der Waals surface area contributed by atoms with Gasteiger partial charge in [0.05, 0.1) is 0 Å². The van der Waals surface area contributed by atoms with E-state index in [0.29, 0.717) is 5.95 Å². The van der Waals surface area contributed by atoms with Crippen LogP contribution in [-0.4, -0.2) is 15.0 Å². The fraction of sp³-hybridized carbons (Fsp3) is 0.400. The van der Waals surface area contributed by atoms with Crippen LogP contribution in [0.3, 0.4) is 0 Å². The first-order valence-electron chi connectivity index (χ1n) is 3.08. The number of nitrogens with zero attached hydrogens (tertiary/aromatic N) is 4. The molecule has 60 valence electrons. The van der Waals surface area contributed by atoms with Gasteiger partial charge in [-0.15, -0.1) is 0 Å². The molecule has 0 N–H and O–H groups in total. The SMILES string of the molecule is Cc1nc(C)nc(N(P)P)n1. The molecule has 6 heteroatoms. The Hall–Kier alpha value is -0.330. The quantitative estimate of drug-likeness (QED) is 0.613. The van der Waals surface area contributed by atoms with Gasteiger partial charge in [-0.3, -0.25) is 0 Å². The molecule has 0 aliphatic heterocycles. The van der Waals surface area contributed by atoms with Gasteiger partial charge in [-0.05, 0) is 32.6 Å². The van der Waals surface area contributed by atoms with E-state index in [1.807, 2.05) is 13.8 Å². The molecule has 0 saturated carbocycles. The summed E-state index contributed by atoms with van der Waals surface area (Å²) in [7, 11) is 4.92. The van der Waals surface area contributed by atoms with Gasteiger partial charge in [0, 0.05) is 0 Å². The zero-order valence-corrected chi connectivity index (χ0v) is 8.75. The molecule has 0 spiro atoms.